The number of anilines is 1. The van der Waals surface area contributed by atoms with Gasteiger partial charge in [0.15, 0.2) is 5.75 Å². The number of pyridine rings is 1. The Kier molecular flexibility index (Phi) is 5.01. The number of hydrogen-bond donors (Lipinski definition) is 1. The van der Waals surface area contributed by atoms with E-state index in [1.165, 1.54) is 24.2 Å². The maximum Gasteiger partial charge on any atom is 0.258 e. The predicted octanol–water partition coefficient (Wildman–Crippen LogP) is 3.42. The molecule has 2 heterocycles. The molecule has 0 atom stereocenters. The number of fused-ring (bicyclic) bond motifs is 2. The molecule has 0 unspecified atom stereocenters. The number of rotatable bonds is 4. The zero-order valence-electron chi connectivity index (χ0n) is 16.4. The van der Waals surface area contributed by atoms with Crippen LogP contribution in [0.2, 0.25) is 5.02 Å². The summed E-state index contributed by atoms with van der Waals surface area (Å²) in [4.78, 5) is 18.4. The topological polar surface area (TPSA) is 90.8 Å². The smallest absolute Gasteiger partial charge is 0.258 e. The number of hydrogen-bond acceptors (Lipinski definition) is 5. The number of halogens is 3. The van der Waals surface area contributed by atoms with Crippen molar-refractivity contribution < 1.29 is 27.1 Å². The van der Waals surface area contributed by atoms with Crippen LogP contribution in [0.3, 0.4) is 0 Å². The van der Waals surface area contributed by atoms with Crippen molar-refractivity contribution in [1.29, 1.82) is 0 Å². The Balaban J connectivity index is 1.88. The summed E-state index contributed by atoms with van der Waals surface area (Å²) in [5, 5.41) is 10.4. The van der Waals surface area contributed by atoms with Crippen molar-refractivity contribution in [1.82, 2.24) is 9.88 Å². The van der Waals surface area contributed by atoms with Gasteiger partial charge in [-0.3, -0.25) is 14.1 Å². The highest BCUT2D eigenvalue weighted by Crippen LogP contribution is 2.44. The number of nitrogens with zero attached hydrogens (tertiary/aromatic N) is 3. The fourth-order valence-electron chi connectivity index (χ4n) is 3.68. The normalized spacial score (nSPS) is 13.7. The first kappa shape index (κ1) is 21.3. The monoisotopic (exact) mass is 467 g/mol. The maximum atomic E-state index is 14.4. The molecule has 0 spiro atoms. The number of aromatic hydroxyl groups is 1. The Morgan fingerprint density at radius 2 is 2.00 bits per heavy atom. The lowest BCUT2D eigenvalue weighted by molar-refractivity contribution is 0.0763. The van der Waals surface area contributed by atoms with Crippen LogP contribution in [0.1, 0.15) is 21.5 Å². The Labute approximate surface area is 181 Å². The van der Waals surface area contributed by atoms with Gasteiger partial charge in [-0.1, -0.05) is 17.7 Å². The van der Waals surface area contributed by atoms with E-state index in [1.54, 1.807) is 12.1 Å². The molecule has 0 fully saturated rings. The zero-order chi connectivity index (χ0) is 22.7. The lowest BCUT2D eigenvalue weighted by Gasteiger charge is -2.22. The van der Waals surface area contributed by atoms with Crippen molar-refractivity contribution >= 4 is 44.1 Å². The van der Waals surface area contributed by atoms with Crippen LogP contribution in [0.5, 0.6) is 5.75 Å². The van der Waals surface area contributed by atoms with Crippen LogP contribution in [0.25, 0.3) is 10.9 Å². The minimum atomic E-state index is -3.72. The number of phenols is 1. The number of phenolic OH excluding ortho intramolecular Hbond substituents is 1. The maximum absolute atomic E-state index is 14.4. The van der Waals surface area contributed by atoms with E-state index in [-0.39, 0.29) is 46.7 Å². The van der Waals surface area contributed by atoms with E-state index in [9.17, 15) is 27.1 Å². The Morgan fingerprint density at radius 1 is 1.29 bits per heavy atom. The van der Waals surface area contributed by atoms with Crippen LogP contribution < -0.4 is 4.31 Å². The minimum Gasteiger partial charge on any atom is -0.505 e. The summed E-state index contributed by atoms with van der Waals surface area (Å²) in [5.41, 5.74) is 0.410. The molecule has 3 aromatic rings. The summed E-state index contributed by atoms with van der Waals surface area (Å²) >= 11 is 5.63. The van der Waals surface area contributed by atoms with Gasteiger partial charge in [-0.15, -0.1) is 0 Å². The molecule has 11 heteroatoms. The summed E-state index contributed by atoms with van der Waals surface area (Å²) in [6, 6.07) is 5.34. The van der Waals surface area contributed by atoms with Gasteiger partial charge in [0.05, 0.1) is 17.5 Å². The fraction of sp³-hybridized carbons (Fsp3) is 0.200. The van der Waals surface area contributed by atoms with Gasteiger partial charge in [0.25, 0.3) is 5.91 Å². The molecule has 0 saturated carbocycles. The molecule has 1 N–H and O–H groups in total. The molecule has 162 valence electrons. The molecular formula is C20H16ClF2N3O4S. The number of amides is 1. The van der Waals surface area contributed by atoms with Crippen molar-refractivity contribution in [2.24, 2.45) is 0 Å². The number of benzene rings is 2. The van der Waals surface area contributed by atoms with E-state index in [2.05, 4.69) is 4.98 Å². The molecule has 0 radical (unpaired) electrons. The van der Waals surface area contributed by atoms with Gasteiger partial charge in [0.1, 0.15) is 22.2 Å². The van der Waals surface area contributed by atoms with Crippen LogP contribution in [0.15, 0.2) is 30.5 Å². The summed E-state index contributed by atoms with van der Waals surface area (Å²) in [7, 11) is -2.38. The first-order valence-corrected chi connectivity index (χ1v) is 11.2. The average molecular weight is 468 g/mol. The molecule has 1 amide bonds. The standard InChI is InChI=1S/C20H16ClF2N3O4S/c1-25(31(2,29)30)18-11-4-3-7-24-17(11)19(27)14-12(18)9-26(20(14)28)8-10-5-6-13(22)15(21)16(10)23/h3-7,27H,8-9H2,1-2H3. The van der Waals surface area contributed by atoms with E-state index in [4.69, 9.17) is 11.6 Å². The van der Waals surface area contributed by atoms with Crippen molar-refractivity contribution in [2.75, 3.05) is 17.6 Å². The second-order valence-electron chi connectivity index (χ2n) is 7.18. The summed E-state index contributed by atoms with van der Waals surface area (Å²) in [5.74, 6) is -2.94. The Morgan fingerprint density at radius 3 is 2.68 bits per heavy atom. The summed E-state index contributed by atoms with van der Waals surface area (Å²) in [6.45, 7) is -0.360. The Bertz CT molecular complexity index is 1360. The van der Waals surface area contributed by atoms with Crippen LogP contribution in [0.4, 0.5) is 14.5 Å². The number of carbonyl (C=O) groups is 1. The van der Waals surface area contributed by atoms with Crippen molar-refractivity contribution in [3.8, 4) is 5.75 Å². The van der Waals surface area contributed by atoms with E-state index in [0.717, 1.165) is 16.6 Å². The van der Waals surface area contributed by atoms with Gasteiger partial charge in [-0.25, -0.2) is 17.2 Å². The second-order valence-corrected chi connectivity index (χ2v) is 9.57. The summed E-state index contributed by atoms with van der Waals surface area (Å²) < 4.78 is 53.4. The van der Waals surface area contributed by atoms with Gasteiger partial charge in [0, 0.05) is 42.8 Å². The number of aromatic nitrogens is 1. The van der Waals surface area contributed by atoms with E-state index in [1.807, 2.05) is 0 Å². The largest absolute Gasteiger partial charge is 0.505 e. The van der Waals surface area contributed by atoms with Gasteiger partial charge in [0.2, 0.25) is 10.0 Å². The molecule has 0 saturated heterocycles. The lowest BCUT2D eigenvalue weighted by Crippen LogP contribution is -2.26. The highest BCUT2D eigenvalue weighted by molar-refractivity contribution is 7.92. The average Bonchev–Trinajstić information content (AvgIpc) is 3.04. The van der Waals surface area contributed by atoms with Crippen LogP contribution in [-0.4, -0.2) is 42.6 Å². The highest BCUT2D eigenvalue weighted by atomic mass is 35.5. The lowest BCUT2D eigenvalue weighted by atomic mass is 10.0. The zero-order valence-corrected chi connectivity index (χ0v) is 17.9. The molecule has 1 aromatic heterocycles. The minimum absolute atomic E-state index is 0.0206. The third-order valence-electron chi connectivity index (χ3n) is 5.25. The number of sulfonamides is 1. The first-order valence-electron chi connectivity index (χ1n) is 9.00. The molecule has 4 rings (SSSR count). The van der Waals surface area contributed by atoms with Crippen LogP contribution in [-0.2, 0) is 23.1 Å². The fourth-order valence-corrected chi connectivity index (χ4v) is 4.40. The third kappa shape index (κ3) is 3.35. The van der Waals surface area contributed by atoms with E-state index < -0.39 is 32.6 Å². The van der Waals surface area contributed by atoms with Gasteiger partial charge >= 0.3 is 0 Å². The van der Waals surface area contributed by atoms with Gasteiger partial charge in [-0.2, -0.15) is 0 Å². The van der Waals surface area contributed by atoms with Gasteiger partial charge < -0.3 is 10.0 Å². The molecule has 0 aliphatic carbocycles. The second kappa shape index (κ2) is 7.31. The Hall–Kier alpha value is -2.98. The quantitative estimate of drug-likeness (QED) is 0.594. The first-order chi connectivity index (χ1) is 14.5. The van der Waals surface area contributed by atoms with Crippen molar-refractivity contribution in [3.05, 3.63) is 63.8 Å². The molecular weight excluding hydrogens is 452 g/mol. The SMILES string of the molecule is CN(c1c2c(c(O)c3ncccc13)C(=O)N(Cc1ccc(F)c(Cl)c1F)C2)S(C)(=O)=O. The third-order valence-corrected chi connectivity index (χ3v) is 6.77. The molecule has 0 bridgehead atoms. The molecule has 1 aliphatic rings. The van der Waals surface area contributed by atoms with E-state index >= 15 is 0 Å². The van der Waals surface area contributed by atoms with Crippen molar-refractivity contribution in [2.45, 2.75) is 13.1 Å². The van der Waals surface area contributed by atoms with Crippen molar-refractivity contribution in [3.63, 3.8) is 0 Å². The molecule has 1 aliphatic heterocycles. The van der Waals surface area contributed by atoms with Crippen LogP contribution in [0, 0.1) is 11.6 Å². The highest BCUT2D eigenvalue weighted by Gasteiger charge is 2.37. The predicted molar refractivity (Wildman–Crippen MR) is 112 cm³/mol. The molecule has 7 nitrogen and oxygen atoms in total. The van der Waals surface area contributed by atoms with E-state index in [0.29, 0.717) is 5.39 Å². The number of carbonyl (C=O) groups excluding carboxylic acids is 1. The van der Waals surface area contributed by atoms with Gasteiger partial charge in [-0.05, 0) is 18.2 Å². The van der Waals surface area contributed by atoms with Crippen LogP contribution >= 0.6 is 11.6 Å². The summed E-state index contributed by atoms with van der Waals surface area (Å²) in [6.07, 6.45) is 2.42. The molecule has 31 heavy (non-hydrogen) atoms. The molecule has 2 aromatic carbocycles.